The number of carbonyl (C=O) groups is 2. The fourth-order valence-corrected chi connectivity index (χ4v) is 4.75. The van der Waals surface area contributed by atoms with Crippen LogP contribution in [0.1, 0.15) is 123 Å². The topological polar surface area (TPSA) is 74.6 Å². The van der Waals surface area contributed by atoms with Gasteiger partial charge in [0.2, 0.25) is 0 Å². The van der Waals surface area contributed by atoms with Crippen LogP contribution in [0.4, 0.5) is 0 Å². The number of hydrogen-bond acceptors (Lipinski definition) is 2. The van der Waals surface area contributed by atoms with E-state index in [1.165, 1.54) is 44.9 Å². The van der Waals surface area contributed by atoms with E-state index in [2.05, 4.69) is 13.8 Å². The quantitative estimate of drug-likeness (QED) is 0.259. The number of rotatable bonds is 16. The monoisotopic (exact) mass is 440 g/mol. The zero-order valence-corrected chi connectivity index (χ0v) is 19.9. The summed E-state index contributed by atoms with van der Waals surface area (Å²) in [4.78, 5) is 24.5. The van der Waals surface area contributed by atoms with Gasteiger partial charge in [0.05, 0.1) is 11.1 Å². The molecule has 0 heterocycles. The second kappa shape index (κ2) is 13.9. The van der Waals surface area contributed by atoms with E-state index in [1.54, 1.807) is 12.1 Å². The highest BCUT2D eigenvalue weighted by atomic mass is 16.4. The van der Waals surface area contributed by atoms with Gasteiger partial charge in [-0.05, 0) is 47.6 Å². The molecular formula is C28H40O4. The predicted molar refractivity (Wildman–Crippen MR) is 132 cm³/mol. The smallest absolute Gasteiger partial charge is 0.337 e. The Balaban J connectivity index is 2.40. The normalized spacial score (nSPS) is 11.2. The first-order chi connectivity index (χ1) is 15.5. The second-order valence-corrected chi connectivity index (χ2v) is 8.90. The highest BCUT2D eigenvalue weighted by Gasteiger charge is 2.26. The zero-order chi connectivity index (χ0) is 23.3. The number of aryl methyl sites for hydroxylation is 1. The van der Waals surface area contributed by atoms with Crippen LogP contribution in [-0.4, -0.2) is 22.2 Å². The van der Waals surface area contributed by atoms with Gasteiger partial charge in [-0.25, -0.2) is 9.59 Å². The van der Waals surface area contributed by atoms with Gasteiger partial charge in [-0.15, -0.1) is 0 Å². The SMILES string of the molecule is CCCCCCCCc1c(C(=O)O)c(C(=O)O)c2ccccc2c1CCCCCCCC. The van der Waals surface area contributed by atoms with Gasteiger partial charge in [0.25, 0.3) is 0 Å². The van der Waals surface area contributed by atoms with Crippen molar-refractivity contribution in [3.05, 3.63) is 46.5 Å². The molecule has 0 bridgehead atoms. The van der Waals surface area contributed by atoms with E-state index < -0.39 is 11.9 Å². The molecule has 0 fully saturated rings. The molecular weight excluding hydrogens is 400 g/mol. The lowest BCUT2D eigenvalue weighted by molar-refractivity contribution is 0.0652. The number of carboxylic acid groups (broad SMARTS) is 2. The van der Waals surface area contributed by atoms with Gasteiger partial charge in [-0.3, -0.25) is 0 Å². The minimum atomic E-state index is -1.16. The lowest BCUT2D eigenvalue weighted by Gasteiger charge is -2.19. The van der Waals surface area contributed by atoms with Crippen molar-refractivity contribution in [3.63, 3.8) is 0 Å². The lowest BCUT2D eigenvalue weighted by Crippen LogP contribution is -2.15. The second-order valence-electron chi connectivity index (χ2n) is 8.90. The highest BCUT2D eigenvalue weighted by Crippen LogP contribution is 2.33. The Morgan fingerprint density at radius 3 is 1.53 bits per heavy atom. The van der Waals surface area contributed by atoms with E-state index in [9.17, 15) is 19.8 Å². The number of hydrogen-bond donors (Lipinski definition) is 2. The molecule has 2 aromatic carbocycles. The molecule has 0 saturated heterocycles. The zero-order valence-electron chi connectivity index (χ0n) is 19.9. The van der Waals surface area contributed by atoms with Crippen LogP contribution in [0.15, 0.2) is 24.3 Å². The van der Waals surface area contributed by atoms with Crippen molar-refractivity contribution in [1.82, 2.24) is 0 Å². The molecule has 0 spiro atoms. The Labute approximate surface area is 193 Å². The third-order valence-corrected chi connectivity index (χ3v) is 6.43. The van der Waals surface area contributed by atoms with Crippen molar-refractivity contribution >= 4 is 22.7 Å². The summed E-state index contributed by atoms with van der Waals surface area (Å²) >= 11 is 0. The van der Waals surface area contributed by atoms with Gasteiger partial charge >= 0.3 is 11.9 Å². The van der Waals surface area contributed by atoms with Gasteiger partial charge in [-0.2, -0.15) is 0 Å². The van der Waals surface area contributed by atoms with Crippen molar-refractivity contribution in [3.8, 4) is 0 Å². The molecule has 0 saturated carbocycles. The molecule has 2 aromatic rings. The average molecular weight is 441 g/mol. The largest absolute Gasteiger partial charge is 0.478 e. The molecule has 0 radical (unpaired) electrons. The minimum absolute atomic E-state index is 0.00532. The highest BCUT2D eigenvalue weighted by molar-refractivity contribution is 6.13. The maximum atomic E-state index is 12.3. The molecule has 4 heteroatoms. The van der Waals surface area contributed by atoms with Crippen molar-refractivity contribution < 1.29 is 19.8 Å². The predicted octanol–water partition coefficient (Wildman–Crippen LogP) is 8.04. The van der Waals surface area contributed by atoms with Crippen molar-refractivity contribution in [2.75, 3.05) is 0 Å². The fourth-order valence-electron chi connectivity index (χ4n) is 4.75. The number of unbranched alkanes of at least 4 members (excludes halogenated alkanes) is 10. The van der Waals surface area contributed by atoms with Gasteiger partial charge < -0.3 is 10.2 Å². The third-order valence-electron chi connectivity index (χ3n) is 6.43. The molecule has 0 atom stereocenters. The van der Waals surface area contributed by atoms with Crippen LogP contribution in [0.5, 0.6) is 0 Å². The van der Waals surface area contributed by atoms with E-state index in [4.69, 9.17) is 0 Å². The van der Waals surface area contributed by atoms with Crippen LogP contribution in [0, 0.1) is 0 Å². The summed E-state index contributed by atoms with van der Waals surface area (Å²) in [5, 5.41) is 21.4. The van der Waals surface area contributed by atoms with Crippen LogP contribution in [-0.2, 0) is 12.8 Å². The molecule has 0 aliphatic heterocycles. The summed E-state index contributed by atoms with van der Waals surface area (Å²) in [6.07, 6.45) is 15.1. The number of fused-ring (bicyclic) bond motifs is 1. The Bertz CT molecular complexity index is 885. The third kappa shape index (κ3) is 7.08. The van der Waals surface area contributed by atoms with Crippen molar-refractivity contribution in [2.45, 2.75) is 104 Å². The summed E-state index contributed by atoms with van der Waals surface area (Å²) < 4.78 is 0. The molecule has 2 N–H and O–H groups in total. The fraction of sp³-hybridized carbons (Fsp3) is 0.571. The van der Waals surface area contributed by atoms with E-state index in [1.807, 2.05) is 12.1 Å². The standard InChI is InChI=1S/C28H40O4/c1-3-5-7-9-11-13-17-21-22-18-15-16-20-24(22)26(28(31)32)25(27(29)30)23(21)19-14-12-10-8-6-4-2/h15-16,18,20H,3-14,17,19H2,1-2H3,(H,29,30)(H,31,32). The van der Waals surface area contributed by atoms with Gasteiger partial charge in [0.1, 0.15) is 0 Å². The van der Waals surface area contributed by atoms with Crippen LogP contribution < -0.4 is 0 Å². The van der Waals surface area contributed by atoms with E-state index in [0.717, 1.165) is 55.0 Å². The summed E-state index contributed by atoms with van der Waals surface area (Å²) in [6, 6.07) is 7.44. The first-order valence-corrected chi connectivity index (χ1v) is 12.6. The molecule has 0 aromatic heterocycles. The lowest BCUT2D eigenvalue weighted by atomic mass is 9.84. The Hall–Kier alpha value is -2.36. The molecule has 0 unspecified atom stereocenters. The Morgan fingerprint density at radius 1 is 0.594 bits per heavy atom. The number of aromatic carboxylic acids is 2. The summed E-state index contributed by atoms with van der Waals surface area (Å²) in [5.41, 5.74) is 1.75. The average Bonchev–Trinajstić information content (AvgIpc) is 2.77. The van der Waals surface area contributed by atoms with Gasteiger partial charge in [0, 0.05) is 0 Å². The molecule has 0 aliphatic rings. The van der Waals surface area contributed by atoms with Gasteiger partial charge in [0.15, 0.2) is 0 Å². The summed E-state index contributed by atoms with van der Waals surface area (Å²) in [7, 11) is 0. The Morgan fingerprint density at radius 2 is 1.03 bits per heavy atom. The van der Waals surface area contributed by atoms with Crippen molar-refractivity contribution in [2.24, 2.45) is 0 Å². The summed E-state index contributed by atoms with van der Waals surface area (Å²) in [5.74, 6) is -2.28. The Kier molecular flexibility index (Phi) is 11.3. The van der Waals surface area contributed by atoms with E-state index in [-0.39, 0.29) is 11.1 Å². The molecule has 4 nitrogen and oxygen atoms in total. The van der Waals surface area contributed by atoms with Crippen LogP contribution in [0.25, 0.3) is 10.8 Å². The molecule has 32 heavy (non-hydrogen) atoms. The van der Waals surface area contributed by atoms with Crippen LogP contribution in [0.3, 0.4) is 0 Å². The van der Waals surface area contributed by atoms with Gasteiger partial charge in [-0.1, -0.05) is 102 Å². The molecule has 176 valence electrons. The van der Waals surface area contributed by atoms with Crippen LogP contribution >= 0.6 is 0 Å². The molecule has 0 aliphatic carbocycles. The van der Waals surface area contributed by atoms with E-state index in [0.29, 0.717) is 11.8 Å². The number of benzene rings is 2. The van der Waals surface area contributed by atoms with Crippen molar-refractivity contribution in [1.29, 1.82) is 0 Å². The first kappa shape index (κ1) is 25.9. The summed E-state index contributed by atoms with van der Waals surface area (Å²) in [6.45, 7) is 4.40. The molecule has 0 amide bonds. The van der Waals surface area contributed by atoms with Crippen LogP contribution in [0.2, 0.25) is 0 Å². The number of carboxylic acids is 2. The maximum absolute atomic E-state index is 12.3. The minimum Gasteiger partial charge on any atom is -0.478 e. The van der Waals surface area contributed by atoms with E-state index >= 15 is 0 Å². The first-order valence-electron chi connectivity index (χ1n) is 12.6. The maximum Gasteiger partial charge on any atom is 0.337 e. The molecule has 2 rings (SSSR count).